The minimum Gasteiger partial charge on any atom is -0.320 e. The second-order valence-electron chi connectivity index (χ2n) is 4.18. The Bertz CT molecular complexity index is 783. The third kappa shape index (κ3) is 2.33. The molecular weight excluding hydrogens is 274 g/mol. The van der Waals surface area contributed by atoms with Crippen molar-refractivity contribution >= 4 is 34.1 Å². The van der Waals surface area contributed by atoms with E-state index >= 15 is 0 Å². The highest BCUT2D eigenvalue weighted by Gasteiger charge is 2.12. The van der Waals surface area contributed by atoms with Gasteiger partial charge in [0, 0.05) is 17.8 Å². The Balaban J connectivity index is 1.98. The fourth-order valence-corrected chi connectivity index (χ4v) is 2.16. The standard InChI is InChI=1S/C15H10ClN3O/c16-14-11(6-3-9-18-14)15(20)19-12-7-1-4-10-5-2-8-17-13(10)12/h1-9H,(H,19,20). The van der Waals surface area contributed by atoms with Gasteiger partial charge in [0.05, 0.1) is 16.8 Å². The summed E-state index contributed by atoms with van der Waals surface area (Å²) in [5, 5.41) is 3.96. The fourth-order valence-electron chi connectivity index (χ4n) is 1.95. The van der Waals surface area contributed by atoms with E-state index in [1.807, 2.05) is 24.3 Å². The summed E-state index contributed by atoms with van der Waals surface area (Å²) in [4.78, 5) is 20.4. The molecule has 0 atom stereocenters. The van der Waals surface area contributed by atoms with Crippen molar-refractivity contribution in [3.05, 3.63) is 65.6 Å². The van der Waals surface area contributed by atoms with E-state index < -0.39 is 0 Å². The van der Waals surface area contributed by atoms with E-state index in [-0.39, 0.29) is 11.1 Å². The molecule has 5 heteroatoms. The quantitative estimate of drug-likeness (QED) is 0.732. The number of amides is 1. The van der Waals surface area contributed by atoms with Crippen LogP contribution < -0.4 is 5.32 Å². The van der Waals surface area contributed by atoms with Crippen molar-refractivity contribution in [2.45, 2.75) is 0 Å². The number of nitrogens with zero attached hydrogens (tertiary/aromatic N) is 2. The zero-order valence-corrected chi connectivity index (χ0v) is 11.1. The molecule has 2 heterocycles. The maximum absolute atomic E-state index is 12.2. The van der Waals surface area contributed by atoms with E-state index in [2.05, 4.69) is 15.3 Å². The highest BCUT2D eigenvalue weighted by Crippen LogP contribution is 2.22. The van der Waals surface area contributed by atoms with Crippen molar-refractivity contribution in [2.24, 2.45) is 0 Å². The number of para-hydroxylation sites is 1. The Kier molecular flexibility index (Phi) is 3.31. The van der Waals surface area contributed by atoms with E-state index in [4.69, 9.17) is 11.6 Å². The van der Waals surface area contributed by atoms with Crippen molar-refractivity contribution in [3.8, 4) is 0 Å². The molecule has 1 aromatic carbocycles. The van der Waals surface area contributed by atoms with Crippen LogP contribution in [-0.4, -0.2) is 15.9 Å². The predicted octanol–water partition coefficient (Wildman–Crippen LogP) is 3.54. The molecule has 0 aliphatic heterocycles. The molecule has 0 aliphatic carbocycles. The Morgan fingerprint density at radius 2 is 1.75 bits per heavy atom. The first-order valence-electron chi connectivity index (χ1n) is 6.01. The number of pyridine rings is 2. The van der Waals surface area contributed by atoms with Gasteiger partial charge in [0.15, 0.2) is 0 Å². The van der Waals surface area contributed by atoms with Gasteiger partial charge in [-0.15, -0.1) is 0 Å². The third-order valence-electron chi connectivity index (χ3n) is 2.88. The first kappa shape index (κ1) is 12.6. The monoisotopic (exact) mass is 283 g/mol. The van der Waals surface area contributed by atoms with Crippen LogP contribution in [0.1, 0.15) is 10.4 Å². The van der Waals surface area contributed by atoms with Gasteiger partial charge in [0.25, 0.3) is 5.91 Å². The van der Waals surface area contributed by atoms with Gasteiger partial charge in [-0.2, -0.15) is 0 Å². The summed E-state index contributed by atoms with van der Waals surface area (Å²) in [7, 11) is 0. The zero-order chi connectivity index (χ0) is 13.9. The lowest BCUT2D eigenvalue weighted by molar-refractivity contribution is 0.102. The summed E-state index contributed by atoms with van der Waals surface area (Å²) in [6.45, 7) is 0. The van der Waals surface area contributed by atoms with Gasteiger partial charge < -0.3 is 5.32 Å². The van der Waals surface area contributed by atoms with Crippen molar-refractivity contribution in [2.75, 3.05) is 5.32 Å². The lowest BCUT2D eigenvalue weighted by atomic mass is 10.2. The normalized spacial score (nSPS) is 10.4. The average molecular weight is 284 g/mol. The number of hydrogen-bond donors (Lipinski definition) is 1. The molecule has 98 valence electrons. The van der Waals surface area contributed by atoms with Crippen LogP contribution in [-0.2, 0) is 0 Å². The van der Waals surface area contributed by atoms with Crippen LogP contribution >= 0.6 is 11.6 Å². The largest absolute Gasteiger partial charge is 0.320 e. The summed E-state index contributed by atoms with van der Waals surface area (Å²) >= 11 is 5.92. The molecule has 3 aromatic rings. The molecule has 0 unspecified atom stereocenters. The van der Waals surface area contributed by atoms with Crippen molar-refractivity contribution in [3.63, 3.8) is 0 Å². The molecule has 0 spiro atoms. The average Bonchev–Trinajstić information content (AvgIpc) is 2.48. The van der Waals surface area contributed by atoms with E-state index in [1.54, 1.807) is 30.6 Å². The van der Waals surface area contributed by atoms with Crippen LogP contribution in [0.4, 0.5) is 5.69 Å². The SMILES string of the molecule is O=C(Nc1cccc2cccnc12)c1cccnc1Cl. The van der Waals surface area contributed by atoms with Crippen molar-refractivity contribution < 1.29 is 4.79 Å². The number of halogens is 1. The minimum atomic E-state index is -0.304. The molecule has 0 radical (unpaired) electrons. The van der Waals surface area contributed by atoms with Gasteiger partial charge in [-0.3, -0.25) is 9.78 Å². The van der Waals surface area contributed by atoms with Gasteiger partial charge in [-0.05, 0) is 24.3 Å². The van der Waals surface area contributed by atoms with Gasteiger partial charge >= 0.3 is 0 Å². The lowest BCUT2D eigenvalue weighted by Gasteiger charge is -2.08. The minimum absolute atomic E-state index is 0.179. The van der Waals surface area contributed by atoms with E-state index in [0.717, 1.165) is 10.9 Å². The molecule has 4 nitrogen and oxygen atoms in total. The highest BCUT2D eigenvalue weighted by atomic mass is 35.5. The van der Waals surface area contributed by atoms with Crippen molar-refractivity contribution in [1.82, 2.24) is 9.97 Å². The number of aromatic nitrogens is 2. The third-order valence-corrected chi connectivity index (χ3v) is 3.19. The van der Waals surface area contributed by atoms with Crippen LogP contribution in [0.15, 0.2) is 54.9 Å². The number of hydrogen-bond acceptors (Lipinski definition) is 3. The van der Waals surface area contributed by atoms with E-state index in [9.17, 15) is 4.79 Å². The van der Waals surface area contributed by atoms with Gasteiger partial charge in [0.1, 0.15) is 5.15 Å². The van der Waals surface area contributed by atoms with E-state index in [1.165, 1.54) is 0 Å². The number of fused-ring (bicyclic) bond motifs is 1. The van der Waals surface area contributed by atoms with Crippen LogP contribution in [0.5, 0.6) is 0 Å². The number of rotatable bonds is 2. The maximum Gasteiger partial charge on any atom is 0.258 e. The molecule has 3 rings (SSSR count). The van der Waals surface area contributed by atoms with Gasteiger partial charge in [-0.1, -0.05) is 29.8 Å². The summed E-state index contributed by atoms with van der Waals surface area (Å²) < 4.78 is 0. The predicted molar refractivity (Wildman–Crippen MR) is 78.9 cm³/mol. The van der Waals surface area contributed by atoms with Crippen molar-refractivity contribution in [1.29, 1.82) is 0 Å². The Morgan fingerprint density at radius 1 is 1.00 bits per heavy atom. The number of carbonyl (C=O) groups excluding carboxylic acids is 1. The summed E-state index contributed by atoms with van der Waals surface area (Å²) in [5.41, 5.74) is 1.72. The van der Waals surface area contributed by atoms with Gasteiger partial charge in [0.2, 0.25) is 0 Å². The molecule has 2 aromatic heterocycles. The van der Waals surface area contributed by atoms with E-state index in [0.29, 0.717) is 11.3 Å². The topological polar surface area (TPSA) is 54.9 Å². The smallest absolute Gasteiger partial charge is 0.258 e. The molecule has 0 fully saturated rings. The van der Waals surface area contributed by atoms with Crippen LogP contribution in [0.2, 0.25) is 5.15 Å². The molecule has 0 aliphatic rings. The number of benzene rings is 1. The molecule has 20 heavy (non-hydrogen) atoms. The number of nitrogens with one attached hydrogen (secondary N) is 1. The first-order chi connectivity index (χ1) is 9.75. The second kappa shape index (κ2) is 5.27. The lowest BCUT2D eigenvalue weighted by Crippen LogP contribution is -2.13. The van der Waals surface area contributed by atoms with Crippen LogP contribution in [0.25, 0.3) is 10.9 Å². The van der Waals surface area contributed by atoms with Crippen LogP contribution in [0, 0.1) is 0 Å². The highest BCUT2D eigenvalue weighted by molar-refractivity contribution is 6.33. The van der Waals surface area contributed by atoms with Gasteiger partial charge in [-0.25, -0.2) is 4.98 Å². The Hall–Kier alpha value is -2.46. The molecular formula is C15H10ClN3O. The van der Waals surface area contributed by atoms with Crippen LogP contribution in [0.3, 0.4) is 0 Å². The maximum atomic E-state index is 12.2. The summed E-state index contributed by atoms with van der Waals surface area (Å²) in [6.07, 6.45) is 3.23. The summed E-state index contributed by atoms with van der Waals surface area (Å²) in [5.74, 6) is -0.304. The first-order valence-corrected chi connectivity index (χ1v) is 6.39. The Morgan fingerprint density at radius 3 is 2.60 bits per heavy atom. The summed E-state index contributed by atoms with van der Waals surface area (Å²) in [6, 6.07) is 12.7. The number of carbonyl (C=O) groups is 1. The fraction of sp³-hybridized carbons (Fsp3) is 0. The molecule has 0 bridgehead atoms. The number of anilines is 1. The molecule has 0 saturated heterocycles. The zero-order valence-electron chi connectivity index (χ0n) is 10.4. The molecule has 1 N–H and O–H groups in total. The molecule has 1 amide bonds. The second-order valence-corrected chi connectivity index (χ2v) is 4.53. The molecule has 0 saturated carbocycles. The Labute approximate surface area is 120 Å².